The fourth-order valence-corrected chi connectivity index (χ4v) is 5.42. The lowest BCUT2D eigenvalue weighted by molar-refractivity contribution is 0.00472. The molecular formula is C20H37N. The summed E-state index contributed by atoms with van der Waals surface area (Å²) in [7, 11) is 0. The molecule has 1 nitrogen and oxygen atoms in total. The molecule has 21 heavy (non-hydrogen) atoms. The fourth-order valence-electron chi connectivity index (χ4n) is 5.42. The average Bonchev–Trinajstić information content (AvgIpc) is 2.41. The molecule has 2 N–H and O–H groups in total. The lowest BCUT2D eigenvalue weighted by Crippen LogP contribution is -2.43. The van der Waals surface area contributed by atoms with Gasteiger partial charge in [0.25, 0.3) is 0 Å². The third-order valence-electron chi connectivity index (χ3n) is 6.67. The minimum absolute atomic E-state index is 0.377. The van der Waals surface area contributed by atoms with E-state index in [0.717, 1.165) is 30.1 Å². The van der Waals surface area contributed by atoms with Crippen molar-refractivity contribution in [1.29, 1.82) is 0 Å². The van der Waals surface area contributed by atoms with Crippen LogP contribution in [0.4, 0.5) is 0 Å². The second-order valence-corrected chi connectivity index (χ2v) is 8.43. The van der Waals surface area contributed by atoms with Crippen LogP contribution in [0, 0.1) is 29.1 Å². The SMILES string of the molecule is CCCC(N)CC1=CCC2C(CCC(C)(C)C2CC)C1C. The molecule has 2 rings (SSSR count). The van der Waals surface area contributed by atoms with Crippen LogP contribution in [-0.2, 0) is 0 Å². The fraction of sp³-hybridized carbons (Fsp3) is 0.900. The maximum atomic E-state index is 6.30. The van der Waals surface area contributed by atoms with E-state index in [4.69, 9.17) is 5.73 Å². The Morgan fingerprint density at radius 2 is 2.00 bits per heavy atom. The van der Waals surface area contributed by atoms with Crippen LogP contribution >= 0.6 is 0 Å². The number of allylic oxidation sites excluding steroid dienone is 1. The lowest BCUT2D eigenvalue weighted by atomic mass is 9.53. The Balaban J connectivity index is 2.10. The molecule has 2 aliphatic carbocycles. The van der Waals surface area contributed by atoms with Gasteiger partial charge >= 0.3 is 0 Å². The molecule has 5 unspecified atom stereocenters. The van der Waals surface area contributed by atoms with Gasteiger partial charge in [0.2, 0.25) is 0 Å². The Morgan fingerprint density at radius 1 is 1.29 bits per heavy atom. The maximum Gasteiger partial charge on any atom is 0.00760 e. The van der Waals surface area contributed by atoms with E-state index >= 15 is 0 Å². The number of hydrogen-bond donors (Lipinski definition) is 1. The molecule has 1 heteroatoms. The molecule has 0 amide bonds. The summed E-state index contributed by atoms with van der Waals surface area (Å²) in [6.07, 6.45) is 11.6. The molecule has 0 saturated heterocycles. The molecule has 0 aromatic carbocycles. The molecule has 2 aliphatic rings. The molecule has 5 atom stereocenters. The molecule has 0 aromatic heterocycles. The van der Waals surface area contributed by atoms with Crippen molar-refractivity contribution >= 4 is 0 Å². The summed E-state index contributed by atoms with van der Waals surface area (Å²) in [5.41, 5.74) is 8.52. The van der Waals surface area contributed by atoms with Crippen molar-refractivity contribution in [2.75, 3.05) is 0 Å². The third-order valence-corrected chi connectivity index (χ3v) is 6.67. The van der Waals surface area contributed by atoms with Gasteiger partial charge in [-0.25, -0.2) is 0 Å². The van der Waals surface area contributed by atoms with E-state index in [1.807, 2.05) is 0 Å². The molecule has 0 aromatic rings. The van der Waals surface area contributed by atoms with E-state index in [1.165, 1.54) is 38.5 Å². The molecule has 122 valence electrons. The van der Waals surface area contributed by atoms with E-state index in [-0.39, 0.29) is 0 Å². The van der Waals surface area contributed by atoms with E-state index in [0.29, 0.717) is 11.5 Å². The molecule has 1 saturated carbocycles. The quantitative estimate of drug-likeness (QED) is 0.660. The van der Waals surface area contributed by atoms with Crippen molar-refractivity contribution in [2.45, 2.75) is 85.6 Å². The Bertz CT molecular complexity index is 368. The van der Waals surface area contributed by atoms with Crippen LogP contribution in [0.25, 0.3) is 0 Å². The zero-order valence-corrected chi connectivity index (χ0v) is 15.0. The number of nitrogens with two attached hydrogens (primary N) is 1. The highest BCUT2D eigenvalue weighted by Gasteiger charge is 2.45. The van der Waals surface area contributed by atoms with Gasteiger partial charge in [0.1, 0.15) is 0 Å². The van der Waals surface area contributed by atoms with Crippen LogP contribution in [-0.4, -0.2) is 6.04 Å². The monoisotopic (exact) mass is 291 g/mol. The van der Waals surface area contributed by atoms with Crippen molar-refractivity contribution in [3.8, 4) is 0 Å². The second kappa shape index (κ2) is 6.86. The highest BCUT2D eigenvalue weighted by atomic mass is 14.6. The van der Waals surface area contributed by atoms with E-state index in [9.17, 15) is 0 Å². The van der Waals surface area contributed by atoms with Gasteiger partial charge in [-0.15, -0.1) is 0 Å². The van der Waals surface area contributed by atoms with Gasteiger partial charge in [-0.2, -0.15) is 0 Å². The van der Waals surface area contributed by atoms with E-state index < -0.39 is 0 Å². The predicted molar refractivity (Wildman–Crippen MR) is 93.1 cm³/mol. The Kier molecular flexibility index (Phi) is 5.57. The van der Waals surface area contributed by atoms with Crippen LogP contribution < -0.4 is 5.73 Å². The lowest BCUT2D eigenvalue weighted by Gasteiger charge is -2.52. The summed E-state index contributed by atoms with van der Waals surface area (Å²) in [4.78, 5) is 0. The van der Waals surface area contributed by atoms with Gasteiger partial charge in [-0.05, 0) is 61.2 Å². The van der Waals surface area contributed by atoms with Crippen LogP contribution in [0.1, 0.15) is 79.6 Å². The molecule has 0 spiro atoms. The van der Waals surface area contributed by atoms with Gasteiger partial charge in [-0.3, -0.25) is 0 Å². The number of rotatable bonds is 5. The summed E-state index contributed by atoms with van der Waals surface area (Å²) in [5.74, 6) is 3.49. The number of fused-ring (bicyclic) bond motifs is 1. The molecule has 0 heterocycles. The second-order valence-electron chi connectivity index (χ2n) is 8.43. The van der Waals surface area contributed by atoms with Gasteiger partial charge < -0.3 is 5.73 Å². The van der Waals surface area contributed by atoms with Crippen LogP contribution in [0.3, 0.4) is 0 Å². The van der Waals surface area contributed by atoms with Crippen molar-refractivity contribution in [1.82, 2.24) is 0 Å². The zero-order valence-electron chi connectivity index (χ0n) is 15.0. The standard InChI is InChI=1S/C20H37N/c1-6-8-16(21)13-15-9-10-18-17(14(15)3)11-12-20(4,5)19(18)7-2/h9,14,16-19H,6-8,10-13,21H2,1-5H3. The zero-order chi connectivity index (χ0) is 15.6. The first kappa shape index (κ1) is 17.1. The summed E-state index contributed by atoms with van der Waals surface area (Å²) < 4.78 is 0. The molecule has 1 fully saturated rings. The summed E-state index contributed by atoms with van der Waals surface area (Å²) in [6.45, 7) is 12.1. The molecular weight excluding hydrogens is 254 g/mol. The van der Waals surface area contributed by atoms with Crippen molar-refractivity contribution in [3.05, 3.63) is 11.6 Å². The Hall–Kier alpha value is -0.300. The molecule has 0 aliphatic heterocycles. The highest BCUT2D eigenvalue weighted by molar-refractivity contribution is 5.16. The Morgan fingerprint density at radius 3 is 2.62 bits per heavy atom. The number of hydrogen-bond acceptors (Lipinski definition) is 1. The summed E-state index contributed by atoms with van der Waals surface area (Å²) >= 11 is 0. The summed E-state index contributed by atoms with van der Waals surface area (Å²) in [5, 5.41) is 0. The van der Waals surface area contributed by atoms with Crippen molar-refractivity contribution in [2.24, 2.45) is 34.8 Å². The highest BCUT2D eigenvalue weighted by Crippen LogP contribution is 2.54. The van der Waals surface area contributed by atoms with Crippen LogP contribution in [0.15, 0.2) is 11.6 Å². The third kappa shape index (κ3) is 3.55. The maximum absolute atomic E-state index is 6.30. The minimum Gasteiger partial charge on any atom is -0.327 e. The van der Waals surface area contributed by atoms with Gasteiger partial charge in [-0.1, -0.05) is 59.1 Å². The largest absolute Gasteiger partial charge is 0.327 e. The first-order valence-electron chi connectivity index (χ1n) is 9.35. The molecule has 0 radical (unpaired) electrons. The molecule has 0 bridgehead atoms. The first-order valence-corrected chi connectivity index (χ1v) is 9.35. The van der Waals surface area contributed by atoms with Gasteiger partial charge in [0, 0.05) is 6.04 Å². The van der Waals surface area contributed by atoms with E-state index in [1.54, 1.807) is 5.57 Å². The first-order chi connectivity index (χ1) is 9.90. The van der Waals surface area contributed by atoms with Gasteiger partial charge in [0.05, 0.1) is 0 Å². The van der Waals surface area contributed by atoms with Crippen LogP contribution in [0.2, 0.25) is 0 Å². The average molecular weight is 292 g/mol. The topological polar surface area (TPSA) is 26.0 Å². The summed E-state index contributed by atoms with van der Waals surface area (Å²) in [6, 6.07) is 0.377. The van der Waals surface area contributed by atoms with E-state index in [2.05, 4.69) is 40.7 Å². The Labute approximate surface area is 132 Å². The van der Waals surface area contributed by atoms with Crippen molar-refractivity contribution < 1.29 is 0 Å². The van der Waals surface area contributed by atoms with Crippen LogP contribution in [0.5, 0.6) is 0 Å². The minimum atomic E-state index is 0.377. The smallest absolute Gasteiger partial charge is 0.00760 e. The van der Waals surface area contributed by atoms with Crippen molar-refractivity contribution in [3.63, 3.8) is 0 Å². The predicted octanol–water partition coefficient (Wildman–Crippen LogP) is 5.55. The van der Waals surface area contributed by atoms with Gasteiger partial charge in [0.15, 0.2) is 0 Å². The normalized spacial score (nSPS) is 36.8.